The van der Waals surface area contributed by atoms with E-state index in [0.29, 0.717) is 36.2 Å². The van der Waals surface area contributed by atoms with Crippen LogP contribution in [-0.4, -0.2) is 34.4 Å². The molecule has 4 heterocycles. The molecule has 8 heteroatoms. The minimum Gasteiger partial charge on any atom is -0.454 e. The number of ether oxygens (including phenoxy) is 2. The van der Waals surface area contributed by atoms with Gasteiger partial charge >= 0.3 is 0 Å². The van der Waals surface area contributed by atoms with E-state index in [1.54, 1.807) is 4.90 Å². The van der Waals surface area contributed by atoms with Gasteiger partial charge in [-0.3, -0.25) is 4.79 Å². The van der Waals surface area contributed by atoms with Gasteiger partial charge < -0.3 is 23.9 Å². The normalized spacial score (nSPS) is 18.1. The Morgan fingerprint density at radius 1 is 1.10 bits per heavy atom. The first-order valence-electron chi connectivity index (χ1n) is 9.36. The van der Waals surface area contributed by atoms with Crippen LogP contribution in [0.15, 0.2) is 53.2 Å². The van der Waals surface area contributed by atoms with Crippen LogP contribution in [0.3, 0.4) is 0 Å². The summed E-state index contributed by atoms with van der Waals surface area (Å²) in [6.45, 7) is 0.695. The summed E-state index contributed by atoms with van der Waals surface area (Å²) in [6, 6.07) is 13.4. The first-order chi connectivity index (χ1) is 14.3. The molecule has 2 aliphatic heterocycles. The van der Waals surface area contributed by atoms with Crippen LogP contribution in [0.2, 0.25) is 0 Å². The monoisotopic (exact) mass is 388 g/mol. The molecule has 0 aliphatic carbocycles. The third-order valence-electron chi connectivity index (χ3n) is 5.43. The maximum atomic E-state index is 12.6. The number of amides is 1. The van der Waals surface area contributed by atoms with Crippen LogP contribution in [0.4, 0.5) is 5.69 Å². The highest BCUT2D eigenvalue weighted by atomic mass is 16.7. The molecule has 2 aliphatic rings. The summed E-state index contributed by atoms with van der Waals surface area (Å²) in [4.78, 5) is 22.1. The van der Waals surface area contributed by atoms with Gasteiger partial charge in [0.25, 0.3) is 5.89 Å². The Morgan fingerprint density at radius 2 is 2.03 bits per heavy atom. The lowest BCUT2D eigenvalue weighted by atomic mass is 10.1. The van der Waals surface area contributed by atoms with E-state index >= 15 is 0 Å². The Hall–Kier alpha value is -3.81. The molecule has 144 valence electrons. The SMILES string of the molecule is O=C1CC(c2noc(-c3cccc4[nH]ccc34)n2)CN1c1ccc2c(c1)OCO2. The Bertz CT molecular complexity index is 1240. The number of hydrogen-bond donors (Lipinski definition) is 1. The van der Waals surface area contributed by atoms with Crippen molar-refractivity contribution in [3.05, 3.63) is 54.5 Å². The highest BCUT2D eigenvalue weighted by molar-refractivity contribution is 5.97. The number of benzene rings is 2. The molecule has 2 aromatic heterocycles. The van der Waals surface area contributed by atoms with E-state index in [9.17, 15) is 4.79 Å². The number of anilines is 1. The van der Waals surface area contributed by atoms with Gasteiger partial charge in [0.1, 0.15) is 0 Å². The van der Waals surface area contributed by atoms with Crippen molar-refractivity contribution in [2.24, 2.45) is 0 Å². The fraction of sp³-hybridized carbons (Fsp3) is 0.190. The summed E-state index contributed by atoms with van der Waals surface area (Å²) in [6.07, 6.45) is 2.21. The largest absolute Gasteiger partial charge is 0.454 e. The zero-order valence-corrected chi connectivity index (χ0v) is 15.3. The van der Waals surface area contributed by atoms with E-state index in [0.717, 1.165) is 22.2 Å². The number of carbonyl (C=O) groups is 1. The van der Waals surface area contributed by atoms with E-state index in [2.05, 4.69) is 15.1 Å². The predicted molar refractivity (Wildman–Crippen MR) is 104 cm³/mol. The van der Waals surface area contributed by atoms with Crippen LogP contribution in [0.1, 0.15) is 18.2 Å². The van der Waals surface area contributed by atoms with Crippen molar-refractivity contribution >= 4 is 22.5 Å². The van der Waals surface area contributed by atoms with Crippen LogP contribution in [0, 0.1) is 0 Å². The number of fused-ring (bicyclic) bond motifs is 2. The van der Waals surface area contributed by atoms with Gasteiger partial charge in [0.05, 0.1) is 0 Å². The summed E-state index contributed by atoms with van der Waals surface area (Å²) in [5, 5.41) is 5.19. The van der Waals surface area contributed by atoms with Crippen LogP contribution in [-0.2, 0) is 4.79 Å². The number of aromatic nitrogens is 3. The minimum absolute atomic E-state index is 0.0213. The van der Waals surface area contributed by atoms with Crippen LogP contribution >= 0.6 is 0 Å². The van der Waals surface area contributed by atoms with E-state index in [4.69, 9.17) is 14.0 Å². The molecule has 4 aromatic rings. The van der Waals surface area contributed by atoms with E-state index < -0.39 is 0 Å². The summed E-state index contributed by atoms with van der Waals surface area (Å²) in [7, 11) is 0. The van der Waals surface area contributed by atoms with Gasteiger partial charge in [0.15, 0.2) is 17.3 Å². The van der Waals surface area contributed by atoms with Gasteiger partial charge in [-0.05, 0) is 30.3 Å². The first kappa shape index (κ1) is 16.2. The maximum absolute atomic E-state index is 12.6. The van der Waals surface area contributed by atoms with Crippen molar-refractivity contribution in [2.75, 3.05) is 18.2 Å². The average molecular weight is 388 g/mol. The number of carbonyl (C=O) groups excluding carboxylic acids is 1. The zero-order valence-electron chi connectivity index (χ0n) is 15.3. The minimum atomic E-state index is -0.129. The number of aromatic amines is 1. The first-order valence-corrected chi connectivity index (χ1v) is 9.36. The van der Waals surface area contributed by atoms with E-state index in [1.807, 2.05) is 48.7 Å². The summed E-state index contributed by atoms with van der Waals surface area (Å²) in [5.41, 5.74) is 2.66. The number of rotatable bonds is 3. The Labute approximate surface area is 165 Å². The summed E-state index contributed by atoms with van der Waals surface area (Å²) in [5.74, 6) is 2.24. The molecule has 2 aromatic carbocycles. The van der Waals surface area contributed by atoms with E-state index in [-0.39, 0.29) is 18.6 Å². The van der Waals surface area contributed by atoms with Crippen molar-refractivity contribution in [3.8, 4) is 23.0 Å². The molecule has 1 atom stereocenters. The molecular formula is C21H16N4O4. The lowest BCUT2D eigenvalue weighted by Gasteiger charge is -2.16. The molecule has 1 fully saturated rings. The van der Waals surface area contributed by atoms with Crippen LogP contribution < -0.4 is 14.4 Å². The standard InChI is InChI=1S/C21H16N4O4/c26-19-8-12(10-25(19)13-4-5-17-18(9-13)28-11-27-17)20-23-21(29-24-20)15-2-1-3-16-14(15)6-7-22-16/h1-7,9,12,22H,8,10-11H2. The Balaban J connectivity index is 1.28. The topological polar surface area (TPSA) is 93.5 Å². The molecule has 6 rings (SSSR count). The number of H-pyrrole nitrogens is 1. The lowest BCUT2D eigenvalue weighted by molar-refractivity contribution is -0.117. The van der Waals surface area contributed by atoms with Gasteiger partial charge in [-0.2, -0.15) is 4.98 Å². The fourth-order valence-corrected chi connectivity index (χ4v) is 3.97. The smallest absolute Gasteiger partial charge is 0.258 e. The summed E-state index contributed by atoms with van der Waals surface area (Å²) >= 11 is 0. The highest BCUT2D eigenvalue weighted by Gasteiger charge is 2.35. The molecule has 0 saturated carbocycles. The van der Waals surface area contributed by atoms with Gasteiger partial charge in [0, 0.05) is 53.3 Å². The number of hydrogen-bond acceptors (Lipinski definition) is 6. The quantitative estimate of drug-likeness (QED) is 0.578. The second-order valence-corrected chi connectivity index (χ2v) is 7.15. The molecule has 0 radical (unpaired) electrons. The van der Waals surface area contributed by atoms with Gasteiger partial charge in [0.2, 0.25) is 12.7 Å². The van der Waals surface area contributed by atoms with Crippen molar-refractivity contribution in [2.45, 2.75) is 12.3 Å². The average Bonchev–Trinajstić information content (AvgIpc) is 3.51. The predicted octanol–water partition coefficient (Wildman–Crippen LogP) is 3.47. The molecule has 1 amide bonds. The van der Waals surface area contributed by atoms with Crippen molar-refractivity contribution < 1.29 is 18.8 Å². The molecule has 29 heavy (non-hydrogen) atoms. The molecule has 0 spiro atoms. The third kappa shape index (κ3) is 2.56. The Morgan fingerprint density at radius 3 is 3.00 bits per heavy atom. The van der Waals surface area contributed by atoms with Crippen molar-refractivity contribution in [1.29, 1.82) is 0 Å². The molecule has 1 saturated heterocycles. The highest BCUT2D eigenvalue weighted by Crippen LogP contribution is 2.38. The number of nitrogens with one attached hydrogen (secondary N) is 1. The van der Waals surface area contributed by atoms with E-state index in [1.165, 1.54) is 0 Å². The molecule has 1 N–H and O–H groups in total. The van der Waals surface area contributed by atoms with Gasteiger partial charge in [-0.1, -0.05) is 11.2 Å². The third-order valence-corrected chi connectivity index (χ3v) is 5.43. The lowest BCUT2D eigenvalue weighted by Crippen LogP contribution is -2.24. The Kier molecular flexibility index (Phi) is 3.40. The molecule has 0 bridgehead atoms. The van der Waals surface area contributed by atoms with Gasteiger partial charge in [-0.25, -0.2) is 0 Å². The maximum Gasteiger partial charge on any atom is 0.258 e. The second kappa shape index (κ2) is 6.10. The molecular weight excluding hydrogens is 372 g/mol. The zero-order chi connectivity index (χ0) is 19.4. The molecule has 1 unspecified atom stereocenters. The van der Waals surface area contributed by atoms with Crippen molar-refractivity contribution in [3.63, 3.8) is 0 Å². The second-order valence-electron chi connectivity index (χ2n) is 7.15. The molecule has 8 nitrogen and oxygen atoms in total. The summed E-state index contributed by atoms with van der Waals surface area (Å²) < 4.78 is 16.3. The van der Waals surface area contributed by atoms with Gasteiger partial charge in [-0.15, -0.1) is 0 Å². The van der Waals surface area contributed by atoms with Crippen LogP contribution in [0.25, 0.3) is 22.4 Å². The van der Waals surface area contributed by atoms with Crippen molar-refractivity contribution in [1.82, 2.24) is 15.1 Å². The number of nitrogens with zero attached hydrogens (tertiary/aromatic N) is 3. The van der Waals surface area contributed by atoms with Crippen LogP contribution in [0.5, 0.6) is 11.5 Å². The fourth-order valence-electron chi connectivity index (χ4n) is 3.97.